The van der Waals surface area contributed by atoms with E-state index in [-0.39, 0.29) is 6.04 Å². The molecule has 3 heteroatoms. The Bertz CT molecular complexity index is 356. The van der Waals surface area contributed by atoms with Gasteiger partial charge < -0.3 is 10.6 Å². The minimum absolute atomic E-state index is 0.0172. The van der Waals surface area contributed by atoms with Crippen LogP contribution in [0.3, 0.4) is 0 Å². The molecule has 0 spiro atoms. The van der Waals surface area contributed by atoms with Crippen LogP contribution in [0.4, 0.5) is 5.69 Å². The number of rotatable bonds is 3. The zero-order valence-electron chi connectivity index (χ0n) is 11.1. The lowest BCUT2D eigenvalue weighted by Gasteiger charge is -2.29. The van der Waals surface area contributed by atoms with Crippen molar-refractivity contribution in [3.8, 4) is 0 Å². The number of hydrogen-bond donors (Lipinski definition) is 1. The molecule has 3 nitrogen and oxygen atoms in total. The van der Waals surface area contributed by atoms with Crippen molar-refractivity contribution >= 4 is 5.69 Å². The topological polar surface area (TPSA) is 42.1 Å². The van der Waals surface area contributed by atoms with Gasteiger partial charge in [0.05, 0.1) is 17.6 Å². The second-order valence-corrected chi connectivity index (χ2v) is 5.38. The smallest absolute Gasteiger partial charge is 0.0569 e. The molecule has 1 aliphatic heterocycles. The van der Waals surface area contributed by atoms with Gasteiger partial charge in [-0.2, -0.15) is 0 Å². The van der Waals surface area contributed by atoms with Gasteiger partial charge in [0.25, 0.3) is 0 Å². The molecule has 0 saturated carbocycles. The van der Waals surface area contributed by atoms with Crippen molar-refractivity contribution in [2.75, 3.05) is 11.4 Å². The van der Waals surface area contributed by atoms with Crippen LogP contribution in [0, 0.1) is 5.92 Å². The molecule has 1 aromatic rings. The van der Waals surface area contributed by atoms with Crippen LogP contribution in [0.15, 0.2) is 18.3 Å². The molecule has 1 unspecified atom stereocenters. The SMILES string of the molecule is CC(C)C1CCCN1c1ccc([C@H](C)N)nc1. The van der Waals surface area contributed by atoms with Crippen molar-refractivity contribution in [2.24, 2.45) is 11.7 Å². The molecular weight excluding hydrogens is 210 g/mol. The lowest BCUT2D eigenvalue weighted by Crippen LogP contribution is -2.33. The van der Waals surface area contributed by atoms with E-state index in [1.807, 2.05) is 13.1 Å². The number of nitrogens with zero attached hydrogens (tertiary/aromatic N) is 2. The molecule has 0 radical (unpaired) electrons. The fraction of sp³-hybridized carbons (Fsp3) is 0.643. The average molecular weight is 233 g/mol. The van der Waals surface area contributed by atoms with Crippen molar-refractivity contribution in [1.82, 2.24) is 4.98 Å². The predicted octanol–water partition coefficient (Wildman–Crippen LogP) is 2.73. The third-order valence-electron chi connectivity index (χ3n) is 3.64. The summed E-state index contributed by atoms with van der Waals surface area (Å²) in [6, 6.07) is 4.89. The molecule has 2 N–H and O–H groups in total. The molecule has 1 fully saturated rings. The van der Waals surface area contributed by atoms with E-state index in [1.54, 1.807) is 0 Å². The van der Waals surface area contributed by atoms with Crippen LogP contribution in [0.25, 0.3) is 0 Å². The third kappa shape index (κ3) is 2.60. The molecule has 0 aliphatic carbocycles. The predicted molar refractivity (Wildman–Crippen MR) is 72.0 cm³/mol. The second kappa shape index (κ2) is 5.05. The summed E-state index contributed by atoms with van der Waals surface area (Å²) in [6.45, 7) is 7.72. The van der Waals surface area contributed by atoms with E-state index in [0.29, 0.717) is 12.0 Å². The summed E-state index contributed by atoms with van der Waals surface area (Å²) in [4.78, 5) is 6.94. The molecule has 0 amide bonds. The summed E-state index contributed by atoms with van der Waals surface area (Å²) in [5, 5.41) is 0. The molecule has 94 valence electrons. The first kappa shape index (κ1) is 12.4. The Labute approximate surface area is 104 Å². The van der Waals surface area contributed by atoms with Crippen LogP contribution in [0.1, 0.15) is 45.3 Å². The van der Waals surface area contributed by atoms with Crippen molar-refractivity contribution in [2.45, 2.75) is 45.7 Å². The first-order valence-corrected chi connectivity index (χ1v) is 6.57. The quantitative estimate of drug-likeness (QED) is 0.873. The first-order chi connectivity index (χ1) is 8.09. The lowest BCUT2D eigenvalue weighted by molar-refractivity contribution is 0.491. The fourth-order valence-corrected chi connectivity index (χ4v) is 2.64. The Hall–Kier alpha value is -1.09. The highest BCUT2D eigenvalue weighted by atomic mass is 15.2. The standard InChI is InChI=1S/C14H23N3/c1-10(2)14-5-4-8-17(14)12-6-7-13(11(3)15)16-9-12/h6-7,9-11,14H,4-5,8,15H2,1-3H3/t11-,14?/m0/s1. The lowest BCUT2D eigenvalue weighted by atomic mass is 10.0. The highest BCUT2D eigenvalue weighted by molar-refractivity contribution is 5.47. The minimum Gasteiger partial charge on any atom is -0.367 e. The maximum atomic E-state index is 5.82. The van der Waals surface area contributed by atoms with Gasteiger partial charge in [0.1, 0.15) is 0 Å². The maximum absolute atomic E-state index is 5.82. The maximum Gasteiger partial charge on any atom is 0.0569 e. The van der Waals surface area contributed by atoms with Crippen molar-refractivity contribution in [3.05, 3.63) is 24.0 Å². The van der Waals surface area contributed by atoms with Crippen LogP contribution >= 0.6 is 0 Å². The number of nitrogens with two attached hydrogens (primary N) is 1. The van der Waals surface area contributed by atoms with Gasteiger partial charge >= 0.3 is 0 Å². The molecule has 2 heterocycles. The molecule has 0 aromatic carbocycles. The first-order valence-electron chi connectivity index (χ1n) is 6.57. The third-order valence-corrected chi connectivity index (χ3v) is 3.64. The van der Waals surface area contributed by atoms with E-state index in [9.17, 15) is 0 Å². The van der Waals surface area contributed by atoms with E-state index >= 15 is 0 Å². The van der Waals surface area contributed by atoms with Gasteiger partial charge in [-0.25, -0.2) is 0 Å². The number of pyridine rings is 1. The van der Waals surface area contributed by atoms with Crippen LogP contribution < -0.4 is 10.6 Å². The number of aromatic nitrogens is 1. The summed E-state index contributed by atoms with van der Waals surface area (Å²) >= 11 is 0. The van der Waals surface area contributed by atoms with Crippen molar-refractivity contribution in [1.29, 1.82) is 0 Å². The molecular formula is C14H23N3. The van der Waals surface area contributed by atoms with Gasteiger partial charge in [0.15, 0.2) is 0 Å². The minimum atomic E-state index is 0.0172. The van der Waals surface area contributed by atoms with Crippen molar-refractivity contribution in [3.63, 3.8) is 0 Å². The summed E-state index contributed by atoms with van der Waals surface area (Å²) in [6.07, 6.45) is 4.56. The van der Waals surface area contributed by atoms with Gasteiger partial charge in [0, 0.05) is 18.6 Å². The summed E-state index contributed by atoms with van der Waals surface area (Å²) < 4.78 is 0. The number of anilines is 1. The Morgan fingerprint density at radius 1 is 1.35 bits per heavy atom. The van der Waals surface area contributed by atoms with Gasteiger partial charge in [-0.15, -0.1) is 0 Å². The summed E-state index contributed by atoms with van der Waals surface area (Å²) in [7, 11) is 0. The molecule has 1 saturated heterocycles. The summed E-state index contributed by atoms with van der Waals surface area (Å²) in [5.74, 6) is 0.700. The highest BCUT2D eigenvalue weighted by Crippen LogP contribution is 2.29. The summed E-state index contributed by atoms with van der Waals surface area (Å²) in [5.41, 5.74) is 8.02. The van der Waals surface area contributed by atoms with E-state index in [4.69, 9.17) is 5.73 Å². The Morgan fingerprint density at radius 3 is 2.65 bits per heavy atom. The zero-order chi connectivity index (χ0) is 12.4. The van der Waals surface area contributed by atoms with Gasteiger partial charge in [0.2, 0.25) is 0 Å². The largest absolute Gasteiger partial charge is 0.367 e. The average Bonchev–Trinajstić information content (AvgIpc) is 2.78. The van der Waals surface area contributed by atoms with Gasteiger partial charge in [-0.1, -0.05) is 13.8 Å². The van der Waals surface area contributed by atoms with Gasteiger partial charge in [-0.05, 0) is 37.8 Å². The van der Waals surface area contributed by atoms with Crippen LogP contribution in [0.5, 0.6) is 0 Å². The molecule has 17 heavy (non-hydrogen) atoms. The molecule has 2 atom stereocenters. The Kier molecular flexibility index (Phi) is 3.67. The number of hydrogen-bond acceptors (Lipinski definition) is 3. The van der Waals surface area contributed by atoms with Crippen LogP contribution in [0.2, 0.25) is 0 Å². The monoisotopic (exact) mass is 233 g/mol. The molecule has 2 rings (SSSR count). The van der Waals surface area contributed by atoms with E-state index < -0.39 is 0 Å². The molecule has 1 aromatic heterocycles. The Balaban J connectivity index is 2.16. The van der Waals surface area contributed by atoms with E-state index in [0.717, 1.165) is 12.2 Å². The fourth-order valence-electron chi connectivity index (χ4n) is 2.64. The highest BCUT2D eigenvalue weighted by Gasteiger charge is 2.27. The molecule has 1 aliphatic rings. The zero-order valence-corrected chi connectivity index (χ0v) is 11.1. The van der Waals surface area contributed by atoms with Crippen molar-refractivity contribution < 1.29 is 0 Å². The van der Waals surface area contributed by atoms with Gasteiger partial charge in [-0.3, -0.25) is 4.98 Å². The second-order valence-electron chi connectivity index (χ2n) is 5.38. The molecule has 0 bridgehead atoms. The van der Waals surface area contributed by atoms with E-state index in [1.165, 1.54) is 18.5 Å². The van der Waals surface area contributed by atoms with Crippen LogP contribution in [-0.2, 0) is 0 Å². The normalized spacial score (nSPS) is 22.2. The van der Waals surface area contributed by atoms with E-state index in [2.05, 4.69) is 35.9 Å². The Morgan fingerprint density at radius 2 is 2.12 bits per heavy atom. The van der Waals surface area contributed by atoms with Crippen LogP contribution in [-0.4, -0.2) is 17.6 Å².